The molecule has 2 aromatic rings. The van der Waals surface area contributed by atoms with Crippen molar-refractivity contribution in [3.63, 3.8) is 0 Å². The molecule has 0 saturated carbocycles. The van der Waals surface area contributed by atoms with Gasteiger partial charge in [0, 0.05) is 5.56 Å². The fourth-order valence-corrected chi connectivity index (χ4v) is 2.53. The number of fused-ring (bicyclic) bond motifs is 1. The van der Waals surface area contributed by atoms with Crippen LogP contribution in [0.2, 0.25) is 10.0 Å². The van der Waals surface area contributed by atoms with Crippen LogP contribution < -0.4 is 15.2 Å². The van der Waals surface area contributed by atoms with Crippen LogP contribution >= 0.6 is 23.2 Å². The summed E-state index contributed by atoms with van der Waals surface area (Å²) in [5.41, 5.74) is 8.07. The highest BCUT2D eigenvalue weighted by molar-refractivity contribution is 6.42. The molecule has 1 atom stereocenters. The first-order chi connectivity index (χ1) is 9.66. The lowest BCUT2D eigenvalue weighted by atomic mass is 9.98. The Bertz CT molecular complexity index is 646. The smallest absolute Gasteiger partial charge is 0.166 e. The maximum atomic E-state index is 6.32. The van der Waals surface area contributed by atoms with E-state index in [0.717, 1.165) is 16.9 Å². The maximum Gasteiger partial charge on any atom is 0.166 e. The highest BCUT2D eigenvalue weighted by atomic mass is 35.5. The molecule has 2 aromatic carbocycles. The van der Waals surface area contributed by atoms with Crippen molar-refractivity contribution < 1.29 is 9.47 Å². The Kier molecular flexibility index (Phi) is 3.74. The number of halogens is 2. The van der Waals surface area contributed by atoms with Crippen molar-refractivity contribution in [3.8, 4) is 11.5 Å². The highest BCUT2D eigenvalue weighted by Crippen LogP contribution is 2.38. The molecule has 0 amide bonds. The lowest BCUT2D eigenvalue weighted by molar-refractivity contribution is 0.169. The van der Waals surface area contributed by atoms with Gasteiger partial charge in [-0.25, -0.2) is 0 Å². The molecule has 2 N–H and O–H groups in total. The number of nitrogens with two attached hydrogens (primary N) is 1. The molecule has 0 saturated heterocycles. The molecule has 3 rings (SSSR count). The third-order valence-electron chi connectivity index (χ3n) is 3.23. The van der Waals surface area contributed by atoms with E-state index in [9.17, 15) is 0 Å². The Hall–Kier alpha value is -1.42. The predicted molar refractivity (Wildman–Crippen MR) is 79.9 cm³/mol. The van der Waals surface area contributed by atoms with E-state index in [2.05, 4.69) is 0 Å². The van der Waals surface area contributed by atoms with Gasteiger partial charge in [0.1, 0.15) is 13.2 Å². The molecule has 0 radical (unpaired) electrons. The second-order valence-electron chi connectivity index (χ2n) is 4.52. The van der Waals surface area contributed by atoms with Gasteiger partial charge >= 0.3 is 0 Å². The van der Waals surface area contributed by atoms with Gasteiger partial charge in [-0.2, -0.15) is 0 Å². The third-order valence-corrected chi connectivity index (χ3v) is 3.97. The lowest BCUT2D eigenvalue weighted by Crippen LogP contribution is -2.20. The van der Waals surface area contributed by atoms with E-state index >= 15 is 0 Å². The molecule has 1 aliphatic heterocycles. The van der Waals surface area contributed by atoms with E-state index in [1.807, 2.05) is 24.3 Å². The molecule has 1 heterocycles. The van der Waals surface area contributed by atoms with E-state index in [-0.39, 0.29) is 6.04 Å². The van der Waals surface area contributed by atoms with Gasteiger partial charge in [0.2, 0.25) is 0 Å². The van der Waals surface area contributed by atoms with Crippen LogP contribution in [-0.4, -0.2) is 13.2 Å². The zero-order valence-corrected chi connectivity index (χ0v) is 12.1. The summed E-state index contributed by atoms with van der Waals surface area (Å²) in [5, 5.41) is 0.999. The molecule has 104 valence electrons. The Morgan fingerprint density at radius 2 is 1.80 bits per heavy atom. The first kappa shape index (κ1) is 13.6. The molecule has 0 fully saturated rings. The largest absolute Gasteiger partial charge is 0.486 e. The Morgan fingerprint density at radius 1 is 1.00 bits per heavy atom. The van der Waals surface area contributed by atoms with E-state index < -0.39 is 0 Å². The number of ether oxygens (including phenoxy) is 2. The third kappa shape index (κ3) is 2.44. The second-order valence-corrected chi connectivity index (χ2v) is 5.34. The normalized spacial score (nSPS) is 14.9. The molecule has 0 spiro atoms. The van der Waals surface area contributed by atoms with E-state index in [4.69, 9.17) is 38.4 Å². The second kappa shape index (κ2) is 5.52. The van der Waals surface area contributed by atoms with Crippen LogP contribution in [0.1, 0.15) is 17.2 Å². The van der Waals surface area contributed by atoms with E-state index in [1.165, 1.54) is 0 Å². The summed E-state index contributed by atoms with van der Waals surface area (Å²) in [6.45, 7) is 1.08. The van der Waals surface area contributed by atoms with E-state index in [0.29, 0.717) is 29.0 Å². The van der Waals surface area contributed by atoms with Crippen LogP contribution in [0.5, 0.6) is 11.5 Å². The summed E-state index contributed by atoms with van der Waals surface area (Å²) in [6.07, 6.45) is 0. The van der Waals surface area contributed by atoms with Gasteiger partial charge in [-0.3, -0.25) is 0 Å². The summed E-state index contributed by atoms with van der Waals surface area (Å²) in [4.78, 5) is 0. The minimum absolute atomic E-state index is 0.346. The standard InChI is InChI=1S/C15H13Cl2NO2/c16-11-5-4-9(8-12(11)17)14(18)10-2-1-3-13-15(10)20-7-6-19-13/h1-5,8,14H,6-7,18H2. The summed E-state index contributed by atoms with van der Waals surface area (Å²) >= 11 is 12.0. The van der Waals surface area contributed by atoms with Gasteiger partial charge in [0.05, 0.1) is 16.1 Å². The monoisotopic (exact) mass is 309 g/mol. The molecule has 1 unspecified atom stereocenters. The van der Waals surface area contributed by atoms with Gasteiger partial charge < -0.3 is 15.2 Å². The number of rotatable bonds is 2. The molecular formula is C15H13Cl2NO2. The molecule has 3 nitrogen and oxygen atoms in total. The van der Waals surface area contributed by atoms with Gasteiger partial charge in [0.25, 0.3) is 0 Å². The fraction of sp³-hybridized carbons (Fsp3) is 0.200. The minimum Gasteiger partial charge on any atom is -0.486 e. The van der Waals surface area contributed by atoms with Gasteiger partial charge in [0.15, 0.2) is 11.5 Å². The van der Waals surface area contributed by atoms with Crippen LogP contribution in [0.4, 0.5) is 0 Å². The zero-order valence-electron chi connectivity index (χ0n) is 10.6. The highest BCUT2D eigenvalue weighted by Gasteiger charge is 2.21. The topological polar surface area (TPSA) is 44.5 Å². The molecule has 0 aliphatic carbocycles. The quantitative estimate of drug-likeness (QED) is 0.917. The minimum atomic E-state index is -0.346. The van der Waals surface area contributed by atoms with Crippen molar-refractivity contribution in [3.05, 3.63) is 57.6 Å². The van der Waals surface area contributed by atoms with Crippen LogP contribution in [-0.2, 0) is 0 Å². The van der Waals surface area contributed by atoms with Gasteiger partial charge in [-0.05, 0) is 23.8 Å². The molecular weight excluding hydrogens is 297 g/mol. The van der Waals surface area contributed by atoms with E-state index in [1.54, 1.807) is 12.1 Å². The summed E-state index contributed by atoms with van der Waals surface area (Å²) in [6, 6.07) is 10.7. The fourth-order valence-electron chi connectivity index (χ4n) is 2.23. The molecule has 20 heavy (non-hydrogen) atoms. The molecule has 0 aromatic heterocycles. The Labute approximate surface area is 127 Å². The molecule has 0 bridgehead atoms. The Balaban J connectivity index is 2.02. The van der Waals surface area contributed by atoms with Crippen molar-refractivity contribution >= 4 is 23.2 Å². The lowest BCUT2D eigenvalue weighted by Gasteiger charge is -2.23. The van der Waals surface area contributed by atoms with Crippen LogP contribution in [0.15, 0.2) is 36.4 Å². The summed E-state index contributed by atoms with van der Waals surface area (Å²) in [5.74, 6) is 1.43. The number of para-hydroxylation sites is 1. The van der Waals surface area contributed by atoms with Crippen LogP contribution in [0.3, 0.4) is 0 Å². The zero-order chi connectivity index (χ0) is 14.1. The van der Waals surface area contributed by atoms with Crippen molar-refractivity contribution in [2.75, 3.05) is 13.2 Å². The number of hydrogen-bond donors (Lipinski definition) is 1. The summed E-state index contributed by atoms with van der Waals surface area (Å²) < 4.78 is 11.3. The number of benzene rings is 2. The molecule has 5 heteroatoms. The molecule has 1 aliphatic rings. The average Bonchev–Trinajstić information content (AvgIpc) is 2.49. The van der Waals surface area contributed by atoms with Gasteiger partial charge in [-0.15, -0.1) is 0 Å². The Morgan fingerprint density at radius 3 is 2.60 bits per heavy atom. The van der Waals surface area contributed by atoms with Crippen molar-refractivity contribution in [1.29, 1.82) is 0 Å². The van der Waals surface area contributed by atoms with Crippen LogP contribution in [0.25, 0.3) is 0 Å². The van der Waals surface area contributed by atoms with Crippen molar-refractivity contribution in [1.82, 2.24) is 0 Å². The SMILES string of the molecule is NC(c1ccc(Cl)c(Cl)c1)c1cccc2c1OCCO2. The average molecular weight is 310 g/mol. The number of hydrogen-bond acceptors (Lipinski definition) is 3. The van der Waals surface area contributed by atoms with Crippen LogP contribution in [0, 0.1) is 0 Å². The maximum absolute atomic E-state index is 6.32. The van der Waals surface area contributed by atoms with Crippen molar-refractivity contribution in [2.24, 2.45) is 5.73 Å². The predicted octanol–water partition coefficient (Wildman–Crippen LogP) is 3.81. The summed E-state index contributed by atoms with van der Waals surface area (Å²) in [7, 11) is 0. The first-order valence-corrected chi connectivity index (χ1v) is 7.01. The van der Waals surface area contributed by atoms with Gasteiger partial charge in [-0.1, -0.05) is 41.4 Å². The first-order valence-electron chi connectivity index (χ1n) is 6.26. The van der Waals surface area contributed by atoms with Crippen molar-refractivity contribution in [2.45, 2.75) is 6.04 Å².